The first-order valence-corrected chi connectivity index (χ1v) is 14.0. The fraction of sp³-hybridized carbons (Fsp3) is 0.286. The fourth-order valence-corrected chi connectivity index (χ4v) is 5.19. The second kappa shape index (κ2) is 15.0. The number of sulfone groups is 1. The first kappa shape index (κ1) is 32.3. The number of aliphatic hydroxyl groups excluding tert-OH is 1. The number of rotatable bonds is 12. The summed E-state index contributed by atoms with van der Waals surface area (Å²) in [5, 5.41) is 16.6. The van der Waals surface area contributed by atoms with E-state index in [-0.39, 0.29) is 34.4 Å². The Morgan fingerprint density at radius 3 is 2.36 bits per heavy atom. The number of hydrogen-bond donors (Lipinski definition) is 3. The predicted octanol–water partition coefficient (Wildman–Crippen LogP) is 4.14. The fourth-order valence-electron chi connectivity index (χ4n) is 3.69. The van der Waals surface area contributed by atoms with Crippen molar-refractivity contribution in [1.82, 2.24) is 10.6 Å². The first-order valence-electron chi connectivity index (χ1n) is 12.2. The van der Waals surface area contributed by atoms with Gasteiger partial charge in [-0.05, 0) is 80.4 Å². The molecule has 2 atom stereocenters. The Morgan fingerprint density at radius 1 is 1.00 bits per heavy atom. The van der Waals surface area contributed by atoms with E-state index in [1.54, 1.807) is 37.3 Å². The number of esters is 1. The summed E-state index contributed by atoms with van der Waals surface area (Å²) in [7, 11) is -3.87. The summed E-state index contributed by atoms with van der Waals surface area (Å²) in [6.45, 7) is 4.30. The van der Waals surface area contributed by atoms with Gasteiger partial charge in [0.1, 0.15) is 6.04 Å². The number of ether oxygens (including phenoxy) is 1. The van der Waals surface area contributed by atoms with Crippen LogP contribution < -0.4 is 10.6 Å². The predicted molar refractivity (Wildman–Crippen MR) is 152 cm³/mol. The van der Waals surface area contributed by atoms with Crippen LogP contribution in [0.15, 0.2) is 82.6 Å². The average molecular weight is 596 g/mol. The number of aliphatic hydroxyl groups is 1. The maximum Gasteiger partial charge on any atom is 0.328 e. The highest BCUT2D eigenvalue weighted by Gasteiger charge is 2.21. The Morgan fingerprint density at radius 2 is 1.69 bits per heavy atom. The van der Waals surface area contributed by atoms with Crippen molar-refractivity contribution in [2.24, 2.45) is 0 Å². The highest BCUT2D eigenvalue weighted by molar-refractivity contribution is 7.91. The summed E-state index contributed by atoms with van der Waals surface area (Å²) < 4.78 is 31.2. The van der Waals surface area contributed by atoms with Crippen molar-refractivity contribution in [3.8, 4) is 0 Å². The Bertz CT molecular complexity index is 1370. The van der Waals surface area contributed by atoms with E-state index in [9.17, 15) is 23.1 Å². The zero-order valence-electron chi connectivity index (χ0n) is 21.6. The standard InChI is InChI=1S/C28H31ClN2O6S.ClH/c1-3-37-28(34)19(2)31-27(33)22-7-5-9-25(17-22)38(35,36)24-12-10-20(11-13-24)14-15-30-18-26(32)21-6-4-8-23(29)16-21;/h4-13,16-17,19,26,30,32H,3,14-15,18H2,1-2H3,(H,31,33);1H/t19-,26+;/m1./s1. The van der Waals surface area contributed by atoms with Gasteiger partial charge in [0.25, 0.3) is 5.91 Å². The van der Waals surface area contributed by atoms with Crippen LogP contribution in [0.3, 0.4) is 0 Å². The van der Waals surface area contributed by atoms with Crippen molar-refractivity contribution in [2.75, 3.05) is 19.7 Å². The quantitative estimate of drug-likeness (QED) is 0.213. The second-order valence-corrected chi connectivity index (χ2v) is 11.0. The smallest absolute Gasteiger partial charge is 0.328 e. The molecule has 3 N–H and O–H groups in total. The summed E-state index contributed by atoms with van der Waals surface area (Å²) in [6.07, 6.45) is -0.0517. The van der Waals surface area contributed by atoms with Crippen molar-refractivity contribution >= 4 is 45.7 Å². The second-order valence-electron chi connectivity index (χ2n) is 8.65. The monoisotopic (exact) mass is 594 g/mol. The van der Waals surface area contributed by atoms with Crippen molar-refractivity contribution < 1.29 is 27.9 Å². The normalized spacial score (nSPS) is 12.6. The first-order chi connectivity index (χ1) is 18.1. The number of nitrogens with one attached hydrogen (secondary N) is 2. The lowest BCUT2D eigenvalue weighted by Gasteiger charge is -2.13. The molecule has 0 radical (unpaired) electrons. The Hall–Kier alpha value is -2.95. The van der Waals surface area contributed by atoms with Gasteiger partial charge in [-0.25, -0.2) is 13.2 Å². The van der Waals surface area contributed by atoms with Crippen LogP contribution in [0.2, 0.25) is 5.02 Å². The largest absolute Gasteiger partial charge is 0.464 e. The molecule has 3 aromatic rings. The van der Waals surface area contributed by atoms with Crippen LogP contribution >= 0.6 is 24.0 Å². The minimum atomic E-state index is -3.87. The number of amides is 1. The highest BCUT2D eigenvalue weighted by Crippen LogP contribution is 2.22. The van der Waals surface area contributed by atoms with Crippen LogP contribution in [0.25, 0.3) is 0 Å². The van der Waals surface area contributed by atoms with Gasteiger partial charge in [0.15, 0.2) is 0 Å². The summed E-state index contributed by atoms with van der Waals surface area (Å²) in [5.74, 6) is -1.15. The molecule has 0 heterocycles. The Labute approximate surface area is 240 Å². The zero-order valence-corrected chi connectivity index (χ0v) is 24.0. The molecule has 0 aliphatic rings. The summed E-state index contributed by atoms with van der Waals surface area (Å²) in [6, 6.07) is 18.4. The van der Waals surface area contributed by atoms with Crippen LogP contribution in [0, 0.1) is 0 Å². The molecule has 3 rings (SSSR count). The molecule has 1 amide bonds. The van der Waals surface area contributed by atoms with Crippen molar-refractivity contribution in [3.63, 3.8) is 0 Å². The summed E-state index contributed by atoms with van der Waals surface area (Å²) in [5.41, 5.74) is 1.77. The van der Waals surface area contributed by atoms with E-state index >= 15 is 0 Å². The van der Waals surface area contributed by atoms with E-state index in [1.807, 2.05) is 6.07 Å². The van der Waals surface area contributed by atoms with Gasteiger partial charge < -0.3 is 20.5 Å². The van der Waals surface area contributed by atoms with E-state index in [4.69, 9.17) is 16.3 Å². The lowest BCUT2D eigenvalue weighted by Crippen LogP contribution is -2.39. The third-order valence-electron chi connectivity index (χ3n) is 5.79. The number of carbonyl (C=O) groups excluding carboxylic acids is 2. The molecule has 210 valence electrons. The van der Waals surface area contributed by atoms with E-state index < -0.39 is 33.9 Å². The lowest BCUT2D eigenvalue weighted by atomic mass is 10.1. The Balaban J connectivity index is 0.00000533. The van der Waals surface area contributed by atoms with Crippen LogP contribution in [-0.4, -0.2) is 51.1 Å². The maximum absolute atomic E-state index is 13.2. The molecular weight excluding hydrogens is 563 g/mol. The molecule has 0 fully saturated rings. The minimum absolute atomic E-state index is 0. The molecule has 0 bridgehead atoms. The molecule has 3 aromatic carbocycles. The van der Waals surface area contributed by atoms with Crippen LogP contribution in [0.1, 0.15) is 41.4 Å². The van der Waals surface area contributed by atoms with Gasteiger partial charge in [-0.2, -0.15) is 0 Å². The minimum Gasteiger partial charge on any atom is -0.464 e. The topological polar surface area (TPSA) is 122 Å². The van der Waals surface area contributed by atoms with E-state index in [0.29, 0.717) is 24.5 Å². The molecule has 0 spiro atoms. The van der Waals surface area contributed by atoms with Gasteiger partial charge in [0.05, 0.1) is 22.5 Å². The van der Waals surface area contributed by atoms with Gasteiger partial charge in [0.2, 0.25) is 9.84 Å². The highest BCUT2D eigenvalue weighted by atomic mass is 35.5. The summed E-state index contributed by atoms with van der Waals surface area (Å²) >= 11 is 5.97. The number of benzene rings is 3. The molecule has 0 unspecified atom stereocenters. The average Bonchev–Trinajstić information content (AvgIpc) is 2.91. The molecule has 39 heavy (non-hydrogen) atoms. The van der Waals surface area contributed by atoms with Gasteiger partial charge >= 0.3 is 5.97 Å². The van der Waals surface area contributed by atoms with E-state index in [2.05, 4.69) is 10.6 Å². The van der Waals surface area contributed by atoms with E-state index in [0.717, 1.165) is 11.1 Å². The lowest BCUT2D eigenvalue weighted by molar-refractivity contribution is -0.144. The molecule has 0 aliphatic carbocycles. The summed E-state index contributed by atoms with van der Waals surface area (Å²) in [4.78, 5) is 24.4. The third-order valence-corrected chi connectivity index (χ3v) is 7.79. The van der Waals surface area contributed by atoms with Crippen molar-refractivity contribution in [2.45, 2.75) is 42.2 Å². The van der Waals surface area contributed by atoms with Crippen LogP contribution in [-0.2, 0) is 25.8 Å². The number of halogens is 2. The molecule has 8 nitrogen and oxygen atoms in total. The third kappa shape index (κ3) is 9.05. The van der Waals surface area contributed by atoms with Crippen molar-refractivity contribution in [3.05, 3.63) is 94.5 Å². The van der Waals surface area contributed by atoms with Gasteiger partial charge in [0, 0.05) is 17.1 Å². The van der Waals surface area contributed by atoms with Gasteiger partial charge in [-0.3, -0.25) is 4.79 Å². The molecule has 0 aromatic heterocycles. The van der Waals surface area contributed by atoms with Gasteiger partial charge in [-0.1, -0.05) is 41.9 Å². The molecule has 0 saturated heterocycles. The molecule has 11 heteroatoms. The zero-order chi connectivity index (χ0) is 27.7. The van der Waals surface area contributed by atoms with Crippen LogP contribution in [0.4, 0.5) is 0 Å². The maximum atomic E-state index is 13.2. The van der Waals surface area contributed by atoms with E-state index in [1.165, 1.54) is 43.3 Å². The molecular formula is C28H32Cl2N2O6S. The van der Waals surface area contributed by atoms with Gasteiger partial charge in [-0.15, -0.1) is 12.4 Å². The number of hydrogen-bond acceptors (Lipinski definition) is 7. The molecule has 0 saturated carbocycles. The number of carbonyl (C=O) groups is 2. The molecule has 0 aliphatic heterocycles. The Kier molecular flexibility index (Phi) is 12.4. The SMILES string of the molecule is CCOC(=O)[C@@H](C)NC(=O)c1cccc(S(=O)(=O)c2ccc(CCNC[C@H](O)c3cccc(Cl)c3)cc2)c1.Cl. The van der Waals surface area contributed by atoms with Crippen molar-refractivity contribution in [1.29, 1.82) is 0 Å². The van der Waals surface area contributed by atoms with Crippen LogP contribution in [0.5, 0.6) is 0 Å².